The standard InChI is InChI=1S/C6H16N4/c7-3-1-4(8)6(10)5(9)2-3/h3-6H,1-2,7-10H2/t3-,4+,5?,6?/m0/s1. The van der Waals surface area contributed by atoms with Gasteiger partial charge in [-0.15, -0.1) is 0 Å². The summed E-state index contributed by atoms with van der Waals surface area (Å²) in [7, 11) is 0. The van der Waals surface area contributed by atoms with Gasteiger partial charge in [0, 0.05) is 24.2 Å². The zero-order valence-electron chi connectivity index (χ0n) is 6.03. The normalized spacial score (nSPS) is 49.2. The minimum absolute atomic E-state index is 0.0150. The lowest BCUT2D eigenvalue weighted by atomic mass is 9.85. The van der Waals surface area contributed by atoms with Gasteiger partial charge in [0.2, 0.25) is 0 Å². The summed E-state index contributed by atoms with van der Waals surface area (Å²) in [5.74, 6) is 0. The molecule has 1 rings (SSSR count). The molecule has 4 heteroatoms. The van der Waals surface area contributed by atoms with E-state index >= 15 is 0 Å². The molecule has 60 valence electrons. The SMILES string of the molecule is NC1C[C@@H](N)C[C@@H](N)C1N. The highest BCUT2D eigenvalue weighted by molar-refractivity contribution is 4.94. The van der Waals surface area contributed by atoms with E-state index in [9.17, 15) is 0 Å². The van der Waals surface area contributed by atoms with E-state index in [2.05, 4.69) is 0 Å². The lowest BCUT2D eigenvalue weighted by molar-refractivity contribution is 0.308. The van der Waals surface area contributed by atoms with Crippen molar-refractivity contribution in [3.05, 3.63) is 0 Å². The molecule has 0 saturated heterocycles. The topological polar surface area (TPSA) is 104 Å². The van der Waals surface area contributed by atoms with E-state index in [0.29, 0.717) is 0 Å². The van der Waals surface area contributed by atoms with Crippen LogP contribution in [0, 0.1) is 0 Å². The number of hydrogen-bond acceptors (Lipinski definition) is 4. The molecule has 4 atom stereocenters. The Kier molecular flexibility index (Phi) is 2.25. The van der Waals surface area contributed by atoms with Gasteiger partial charge in [-0.25, -0.2) is 0 Å². The van der Waals surface area contributed by atoms with Gasteiger partial charge in [0.1, 0.15) is 0 Å². The van der Waals surface area contributed by atoms with Gasteiger partial charge < -0.3 is 22.9 Å². The van der Waals surface area contributed by atoms with Crippen molar-refractivity contribution in [3.63, 3.8) is 0 Å². The minimum atomic E-state index is -0.0696. The summed E-state index contributed by atoms with van der Waals surface area (Å²) in [6.45, 7) is 0. The van der Waals surface area contributed by atoms with E-state index in [0.717, 1.165) is 12.8 Å². The Bertz CT molecular complexity index is 104. The van der Waals surface area contributed by atoms with Gasteiger partial charge >= 0.3 is 0 Å². The van der Waals surface area contributed by atoms with Crippen molar-refractivity contribution in [2.24, 2.45) is 22.9 Å². The molecule has 0 spiro atoms. The predicted octanol–water partition coefficient (Wildman–Crippen LogP) is -1.91. The van der Waals surface area contributed by atoms with Crippen LogP contribution in [0.3, 0.4) is 0 Å². The molecule has 2 unspecified atom stereocenters. The first-order valence-corrected chi connectivity index (χ1v) is 3.63. The van der Waals surface area contributed by atoms with Crippen LogP contribution in [0.2, 0.25) is 0 Å². The summed E-state index contributed by atoms with van der Waals surface area (Å²) in [6, 6.07) is 0.0436. The molecule has 0 aliphatic heterocycles. The molecule has 1 aliphatic rings. The third-order valence-corrected chi connectivity index (χ3v) is 2.14. The van der Waals surface area contributed by atoms with Gasteiger partial charge in [-0.2, -0.15) is 0 Å². The average molecular weight is 144 g/mol. The van der Waals surface area contributed by atoms with Crippen LogP contribution in [0.15, 0.2) is 0 Å². The van der Waals surface area contributed by atoms with Crippen LogP contribution in [-0.4, -0.2) is 24.2 Å². The smallest absolute Gasteiger partial charge is 0.0347 e. The summed E-state index contributed by atoms with van der Waals surface area (Å²) in [4.78, 5) is 0. The molecule has 10 heavy (non-hydrogen) atoms. The molecule has 0 aromatic rings. The van der Waals surface area contributed by atoms with Crippen LogP contribution in [0.1, 0.15) is 12.8 Å². The number of hydrogen-bond donors (Lipinski definition) is 4. The predicted molar refractivity (Wildman–Crippen MR) is 41.1 cm³/mol. The van der Waals surface area contributed by atoms with E-state index in [1.54, 1.807) is 0 Å². The fourth-order valence-corrected chi connectivity index (χ4v) is 1.43. The second-order valence-electron chi connectivity index (χ2n) is 3.14. The largest absolute Gasteiger partial charge is 0.328 e. The summed E-state index contributed by atoms with van der Waals surface area (Å²) >= 11 is 0. The molecule has 1 fully saturated rings. The zero-order valence-corrected chi connectivity index (χ0v) is 6.03. The molecular formula is C6H16N4. The van der Waals surface area contributed by atoms with Gasteiger partial charge in [0.15, 0.2) is 0 Å². The van der Waals surface area contributed by atoms with E-state index in [-0.39, 0.29) is 24.2 Å². The first-order chi connectivity index (χ1) is 4.61. The molecule has 0 amide bonds. The van der Waals surface area contributed by atoms with Crippen LogP contribution in [0.4, 0.5) is 0 Å². The maximum absolute atomic E-state index is 5.68. The maximum Gasteiger partial charge on any atom is 0.0347 e. The third-order valence-electron chi connectivity index (χ3n) is 2.14. The van der Waals surface area contributed by atoms with E-state index in [4.69, 9.17) is 22.9 Å². The number of rotatable bonds is 0. The minimum Gasteiger partial charge on any atom is -0.328 e. The quantitative estimate of drug-likeness (QED) is 0.318. The molecule has 4 nitrogen and oxygen atoms in total. The summed E-state index contributed by atoms with van der Waals surface area (Å²) in [5.41, 5.74) is 22.7. The van der Waals surface area contributed by atoms with Crippen molar-refractivity contribution in [1.82, 2.24) is 0 Å². The molecule has 0 heterocycles. The Balaban J connectivity index is 2.49. The van der Waals surface area contributed by atoms with Crippen molar-refractivity contribution in [3.8, 4) is 0 Å². The highest BCUT2D eigenvalue weighted by Crippen LogP contribution is 2.13. The Hall–Kier alpha value is -0.160. The fraction of sp³-hybridized carbons (Fsp3) is 1.00. The maximum atomic E-state index is 5.68. The van der Waals surface area contributed by atoms with Gasteiger partial charge in [-0.05, 0) is 12.8 Å². The molecular weight excluding hydrogens is 128 g/mol. The monoisotopic (exact) mass is 144 g/mol. The van der Waals surface area contributed by atoms with Crippen molar-refractivity contribution in [2.75, 3.05) is 0 Å². The van der Waals surface area contributed by atoms with Crippen LogP contribution in [0.25, 0.3) is 0 Å². The molecule has 1 aliphatic carbocycles. The molecule has 0 radical (unpaired) electrons. The third kappa shape index (κ3) is 1.46. The molecule has 1 saturated carbocycles. The van der Waals surface area contributed by atoms with Crippen LogP contribution < -0.4 is 22.9 Å². The van der Waals surface area contributed by atoms with Crippen LogP contribution >= 0.6 is 0 Å². The first kappa shape index (κ1) is 7.94. The summed E-state index contributed by atoms with van der Waals surface area (Å²) in [5, 5.41) is 0. The highest BCUT2D eigenvalue weighted by Gasteiger charge is 2.29. The zero-order chi connectivity index (χ0) is 7.72. The van der Waals surface area contributed by atoms with Crippen molar-refractivity contribution in [2.45, 2.75) is 37.0 Å². The molecule has 8 N–H and O–H groups in total. The second kappa shape index (κ2) is 2.84. The lowest BCUT2D eigenvalue weighted by Gasteiger charge is -2.34. The van der Waals surface area contributed by atoms with Gasteiger partial charge in [0.05, 0.1) is 0 Å². The Morgan fingerprint density at radius 1 is 0.800 bits per heavy atom. The first-order valence-electron chi connectivity index (χ1n) is 3.63. The fourth-order valence-electron chi connectivity index (χ4n) is 1.43. The highest BCUT2D eigenvalue weighted by atomic mass is 14.9. The van der Waals surface area contributed by atoms with Crippen LogP contribution in [-0.2, 0) is 0 Å². The molecule has 0 aromatic carbocycles. The Labute approximate surface area is 60.9 Å². The van der Waals surface area contributed by atoms with E-state index in [1.807, 2.05) is 0 Å². The average Bonchev–Trinajstić information content (AvgIpc) is 1.82. The van der Waals surface area contributed by atoms with Gasteiger partial charge in [-0.3, -0.25) is 0 Å². The van der Waals surface area contributed by atoms with Gasteiger partial charge in [-0.1, -0.05) is 0 Å². The van der Waals surface area contributed by atoms with E-state index in [1.165, 1.54) is 0 Å². The van der Waals surface area contributed by atoms with Crippen molar-refractivity contribution < 1.29 is 0 Å². The van der Waals surface area contributed by atoms with Crippen molar-refractivity contribution in [1.29, 1.82) is 0 Å². The molecule has 0 aromatic heterocycles. The Morgan fingerprint density at radius 3 is 1.60 bits per heavy atom. The van der Waals surface area contributed by atoms with E-state index < -0.39 is 0 Å². The van der Waals surface area contributed by atoms with Crippen LogP contribution in [0.5, 0.6) is 0 Å². The van der Waals surface area contributed by atoms with Crippen molar-refractivity contribution >= 4 is 0 Å². The molecule has 0 bridgehead atoms. The lowest BCUT2D eigenvalue weighted by Crippen LogP contribution is -2.60. The van der Waals surface area contributed by atoms with Gasteiger partial charge in [0.25, 0.3) is 0 Å². The Morgan fingerprint density at radius 2 is 1.20 bits per heavy atom. The second-order valence-corrected chi connectivity index (χ2v) is 3.14. The summed E-state index contributed by atoms with van der Waals surface area (Å²) < 4.78 is 0. The summed E-state index contributed by atoms with van der Waals surface area (Å²) in [6.07, 6.45) is 1.60. The number of nitrogens with two attached hydrogens (primary N) is 4.